The lowest BCUT2D eigenvalue weighted by Crippen LogP contribution is -2.40. The van der Waals surface area contributed by atoms with Crippen molar-refractivity contribution in [1.82, 2.24) is 14.8 Å². The fourth-order valence-corrected chi connectivity index (χ4v) is 3.19. The molecule has 8 heteroatoms. The van der Waals surface area contributed by atoms with Gasteiger partial charge in [0.15, 0.2) is 5.82 Å². The van der Waals surface area contributed by atoms with E-state index < -0.39 is 17.9 Å². The van der Waals surface area contributed by atoms with Gasteiger partial charge in [0.25, 0.3) is 0 Å². The molecule has 0 spiro atoms. The van der Waals surface area contributed by atoms with Crippen LogP contribution in [0, 0.1) is 5.92 Å². The normalized spacial score (nSPS) is 18.9. The van der Waals surface area contributed by atoms with Crippen LogP contribution in [-0.2, 0) is 11.2 Å². The van der Waals surface area contributed by atoms with Crippen molar-refractivity contribution in [3.8, 4) is 5.75 Å². The fraction of sp³-hybridized carbons (Fsp3) is 0.389. The van der Waals surface area contributed by atoms with Crippen molar-refractivity contribution in [1.29, 1.82) is 0 Å². The Labute approximate surface area is 151 Å². The second kappa shape index (κ2) is 7.57. The number of hydrogen-bond donors (Lipinski definition) is 3. The number of ether oxygens (including phenoxy) is 1. The number of amides is 1. The molecule has 1 aromatic carbocycles. The van der Waals surface area contributed by atoms with Gasteiger partial charge in [-0.1, -0.05) is 24.8 Å². The first kappa shape index (κ1) is 17.9. The summed E-state index contributed by atoms with van der Waals surface area (Å²) in [5, 5.41) is 16.6. The van der Waals surface area contributed by atoms with Crippen LogP contribution in [0.25, 0.3) is 0 Å². The Morgan fingerprint density at radius 2 is 2.23 bits per heavy atom. The SMILES string of the molecule is C=C1Nc2nc(CCCO)nn2[C@@H](c2ccccc2OCC)[C@@H]1C(N)=O. The van der Waals surface area contributed by atoms with Gasteiger partial charge in [0.2, 0.25) is 11.9 Å². The molecule has 1 amide bonds. The average molecular weight is 357 g/mol. The Bertz CT molecular complexity index is 817. The first-order chi connectivity index (χ1) is 12.6. The van der Waals surface area contributed by atoms with Gasteiger partial charge in [0.1, 0.15) is 17.7 Å². The van der Waals surface area contributed by atoms with E-state index in [1.165, 1.54) is 0 Å². The number of nitrogens with one attached hydrogen (secondary N) is 1. The Balaban J connectivity index is 2.12. The maximum atomic E-state index is 12.2. The van der Waals surface area contributed by atoms with E-state index >= 15 is 0 Å². The minimum atomic E-state index is -0.698. The average Bonchev–Trinajstić information content (AvgIpc) is 3.01. The van der Waals surface area contributed by atoms with Crippen molar-refractivity contribution in [2.75, 3.05) is 18.5 Å². The van der Waals surface area contributed by atoms with Crippen LogP contribution in [0.5, 0.6) is 5.75 Å². The molecule has 2 aromatic rings. The minimum absolute atomic E-state index is 0.0600. The number of primary amides is 1. The summed E-state index contributed by atoms with van der Waals surface area (Å²) in [4.78, 5) is 16.7. The number of anilines is 1. The van der Waals surface area contributed by atoms with E-state index in [1.54, 1.807) is 4.68 Å². The summed E-state index contributed by atoms with van der Waals surface area (Å²) in [6.45, 7) is 6.42. The Hall–Kier alpha value is -2.87. The number of fused-ring (bicyclic) bond motifs is 1. The predicted molar refractivity (Wildman–Crippen MR) is 96.6 cm³/mol. The van der Waals surface area contributed by atoms with Gasteiger partial charge in [-0.05, 0) is 19.4 Å². The Morgan fingerprint density at radius 3 is 2.92 bits per heavy atom. The summed E-state index contributed by atoms with van der Waals surface area (Å²) in [7, 11) is 0. The smallest absolute Gasteiger partial charge is 0.229 e. The van der Waals surface area contributed by atoms with Crippen molar-refractivity contribution in [2.45, 2.75) is 25.8 Å². The summed E-state index contributed by atoms with van der Waals surface area (Å²) in [6, 6.07) is 6.99. The number of aryl methyl sites for hydroxylation is 1. The number of nitrogens with two attached hydrogens (primary N) is 1. The number of aliphatic hydroxyl groups is 1. The molecule has 1 aliphatic heterocycles. The van der Waals surface area contributed by atoms with Crippen LogP contribution >= 0.6 is 0 Å². The van der Waals surface area contributed by atoms with E-state index in [4.69, 9.17) is 15.6 Å². The molecule has 0 aliphatic carbocycles. The summed E-state index contributed by atoms with van der Waals surface area (Å²) < 4.78 is 7.40. The Morgan fingerprint density at radius 1 is 1.46 bits per heavy atom. The molecule has 0 unspecified atom stereocenters. The maximum Gasteiger partial charge on any atom is 0.229 e. The summed E-state index contributed by atoms with van der Waals surface area (Å²) >= 11 is 0. The van der Waals surface area contributed by atoms with Gasteiger partial charge < -0.3 is 20.9 Å². The van der Waals surface area contributed by atoms with Gasteiger partial charge >= 0.3 is 0 Å². The van der Waals surface area contributed by atoms with Crippen LogP contribution in [0.2, 0.25) is 0 Å². The third kappa shape index (κ3) is 3.28. The summed E-state index contributed by atoms with van der Waals surface area (Å²) in [5.41, 5.74) is 6.95. The van der Waals surface area contributed by atoms with E-state index in [0.717, 1.165) is 5.56 Å². The van der Waals surface area contributed by atoms with Gasteiger partial charge in [-0.3, -0.25) is 4.79 Å². The molecular formula is C18H23N5O3. The van der Waals surface area contributed by atoms with Crippen LogP contribution in [0.4, 0.5) is 5.95 Å². The second-order valence-corrected chi connectivity index (χ2v) is 6.07. The van der Waals surface area contributed by atoms with Crippen LogP contribution in [0.15, 0.2) is 36.5 Å². The molecule has 0 fully saturated rings. The van der Waals surface area contributed by atoms with Crippen LogP contribution in [0.1, 0.15) is 30.8 Å². The number of aliphatic hydroxyl groups excluding tert-OH is 1. The molecule has 1 aliphatic rings. The number of hydrogen-bond acceptors (Lipinski definition) is 6. The quantitative estimate of drug-likeness (QED) is 0.686. The fourth-order valence-electron chi connectivity index (χ4n) is 3.19. The highest BCUT2D eigenvalue weighted by molar-refractivity contribution is 5.82. The lowest BCUT2D eigenvalue weighted by atomic mass is 9.88. The number of carbonyl (C=O) groups excluding carboxylic acids is 1. The molecule has 26 heavy (non-hydrogen) atoms. The zero-order valence-corrected chi connectivity index (χ0v) is 14.7. The molecule has 8 nitrogen and oxygen atoms in total. The van der Waals surface area contributed by atoms with Gasteiger partial charge in [0, 0.05) is 24.3 Å². The van der Waals surface area contributed by atoms with Crippen molar-refractivity contribution in [2.24, 2.45) is 11.7 Å². The highest BCUT2D eigenvalue weighted by atomic mass is 16.5. The molecule has 0 saturated carbocycles. The number of nitrogens with zero attached hydrogens (tertiary/aromatic N) is 3. The van der Waals surface area contributed by atoms with Gasteiger partial charge in [-0.25, -0.2) is 4.68 Å². The molecular weight excluding hydrogens is 334 g/mol. The molecule has 1 aromatic heterocycles. The third-order valence-electron chi connectivity index (χ3n) is 4.30. The topological polar surface area (TPSA) is 115 Å². The van der Waals surface area contributed by atoms with E-state index in [-0.39, 0.29) is 6.61 Å². The number of aromatic nitrogens is 3. The first-order valence-electron chi connectivity index (χ1n) is 8.60. The highest BCUT2D eigenvalue weighted by Crippen LogP contribution is 2.40. The van der Waals surface area contributed by atoms with Gasteiger partial charge in [0.05, 0.1) is 6.61 Å². The molecule has 4 N–H and O–H groups in total. The minimum Gasteiger partial charge on any atom is -0.494 e. The van der Waals surface area contributed by atoms with Crippen molar-refractivity contribution >= 4 is 11.9 Å². The third-order valence-corrected chi connectivity index (χ3v) is 4.30. The highest BCUT2D eigenvalue weighted by Gasteiger charge is 2.40. The molecule has 0 bridgehead atoms. The van der Waals surface area contributed by atoms with Crippen molar-refractivity contribution < 1.29 is 14.6 Å². The summed E-state index contributed by atoms with van der Waals surface area (Å²) in [5.74, 6) is 0.544. The number of benzene rings is 1. The maximum absolute atomic E-state index is 12.2. The molecule has 3 rings (SSSR count). The zero-order chi connectivity index (χ0) is 18.7. The van der Waals surface area contributed by atoms with Crippen LogP contribution in [-0.4, -0.2) is 39.0 Å². The molecule has 138 valence electrons. The van der Waals surface area contributed by atoms with Crippen LogP contribution in [0.3, 0.4) is 0 Å². The van der Waals surface area contributed by atoms with E-state index in [0.29, 0.717) is 42.7 Å². The first-order valence-corrected chi connectivity index (χ1v) is 8.60. The van der Waals surface area contributed by atoms with Crippen LogP contribution < -0.4 is 15.8 Å². The van der Waals surface area contributed by atoms with Crippen molar-refractivity contribution in [3.63, 3.8) is 0 Å². The van der Waals surface area contributed by atoms with E-state index in [2.05, 4.69) is 22.0 Å². The Kier molecular flexibility index (Phi) is 5.22. The van der Waals surface area contributed by atoms with Crippen molar-refractivity contribution in [3.05, 3.63) is 47.9 Å². The number of carbonyl (C=O) groups is 1. The van der Waals surface area contributed by atoms with E-state index in [9.17, 15) is 4.79 Å². The van der Waals surface area contributed by atoms with Gasteiger partial charge in [-0.2, -0.15) is 10.1 Å². The molecule has 0 radical (unpaired) electrons. The van der Waals surface area contributed by atoms with E-state index in [1.807, 2.05) is 31.2 Å². The van der Waals surface area contributed by atoms with Gasteiger partial charge in [-0.15, -0.1) is 0 Å². The zero-order valence-electron chi connectivity index (χ0n) is 14.7. The second-order valence-electron chi connectivity index (χ2n) is 6.07. The predicted octanol–water partition coefficient (Wildman–Crippen LogP) is 1.23. The number of rotatable bonds is 7. The largest absolute Gasteiger partial charge is 0.494 e. The molecule has 2 atom stereocenters. The molecule has 0 saturated heterocycles. The number of para-hydroxylation sites is 1. The molecule has 2 heterocycles. The monoisotopic (exact) mass is 357 g/mol. The lowest BCUT2D eigenvalue weighted by molar-refractivity contribution is -0.121. The summed E-state index contributed by atoms with van der Waals surface area (Å²) in [6.07, 6.45) is 1.09. The standard InChI is InChI=1S/C18H23N5O3/c1-3-26-13-8-5-4-7-12(13)16-15(17(19)25)11(2)20-18-21-14(9-6-10-24)22-23(16)18/h4-5,7-8,15-16,24H,2-3,6,9-10H2,1H3,(H2,19,25)(H,20,21,22)/t15-,16+/m1/s1. The lowest BCUT2D eigenvalue weighted by Gasteiger charge is -2.33.